The SMILES string of the molecule is O=C(Nc1c(Cl)cncc1Cl)C(O)=c1cc(Cc2ccc(F)cc2)n2ccc(=O)cc12. The molecule has 31 heavy (non-hydrogen) atoms. The minimum Gasteiger partial charge on any atom is -0.503 e. The Bertz CT molecular complexity index is 1400. The number of aliphatic hydroxyl groups is 1. The van der Waals surface area contributed by atoms with Gasteiger partial charge in [0.05, 0.1) is 21.2 Å². The first-order chi connectivity index (χ1) is 14.8. The molecule has 0 saturated carbocycles. The van der Waals surface area contributed by atoms with E-state index in [0.29, 0.717) is 17.6 Å². The second-order valence-electron chi connectivity index (χ2n) is 6.75. The van der Waals surface area contributed by atoms with Gasteiger partial charge in [0.25, 0.3) is 5.91 Å². The first kappa shape index (κ1) is 20.8. The number of rotatable bonds is 4. The molecule has 0 fully saturated rings. The number of nitrogens with zero attached hydrogens (tertiary/aromatic N) is 2. The number of anilines is 1. The van der Waals surface area contributed by atoms with Gasteiger partial charge in [-0.05, 0) is 23.8 Å². The molecule has 0 spiro atoms. The van der Waals surface area contributed by atoms with Gasteiger partial charge in [-0.3, -0.25) is 14.6 Å². The monoisotopic (exact) mass is 457 g/mol. The highest BCUT2D eigenvalue weighted by molar-refractivity contribution is 6.40. The highest BCUT2D eigenvalue weighted by atomic mass is 35.5. The van der Waals surface area contributed by atoms with Crippen LogP contribution < -0.4 is 16.0 Å². The van der Waals surface area contributed by atoms with Crippen LogP contribution in [0.4, 0.5) is 10.1 Å². The molecule has 6 nitrogen and oxygen atoms in total. The average Bonchev–Trinajstić information content (AvgIpc) is 3.09. The zero-order valence-corrected chi connectivity index (χ0v) is 17.3. The molecule has 0 aliphatic rings. The number of hydrogen-bond acceptors (Lipinski definition) is 4. The summed E-state index contributed by atoms with van der Waals surface area (Å²) in [5.74, 6) is -1.82. The van der Waals surface area contributed by atoms with Crippen molar-refractivity contribution in [1.29, 1.82) is 0 Å². The highest BCUT2D eigenvalue weighted by Crippen LogP contribution is 2.28. The summed E-state index contributed by atoms with van der Waals surface area (Å²) in [5.41, 5.74) is 1.68. The van der Waals surface area contributed by atoms with E-state index in [4.69, 9.17) is 23.2 Å². The van der Waals surface area contributed by atoms with E-state index in [1.165, 1.54) is 36.7 Å². The average molecular weight is 458 g/mol. The minimum absolute atomic E-state index is 0.106. The number of pyridine rings is 2. The lowest BCUT2D eigenvalue weighted by atomic mass is 10.1. The molecule has 4 aromatic rings. The fourth-order valence-electron chi connectivity index (χ4n) is 3.21. The number of aromatic nitrogens is 2. The van der Waals surface area contributed by atoms with Gasteiger partial charge in [-0.2, -0.15) is 0 Å². The molecular formula is C22H14Cl2FN3O3. The number of carbonyl (C=O) groups excluding carboxylic acids is 1. The lowest BCUT2D eigenvalue weighted by Gasteiger charge is -2.07. The third-order valence-electron chi connectivity index (χ3n) is 4.68. The summed E-state index contributed by atoms with van der Waals surface area (Å²) in [6, 6.07) is 10.3. The fraction of sp³-hybridized carbons (Fsp3) is 0.0455. The Hall–Kier alpha value is -3.42. The molecule has 0 radical (unpaired) electrons. The van der Waals surface area contributed by atoms with Gasteiger partial charge in [-0.25, -0.2) is 4.39 Å². The summed E-state index contributed by atoms with van der Waals surface area (Å²) in [6.07, 6.45) is 4.55. The largest absolute Gasteiger partial charge is 0.503 e. The first-order valence-electron chi connectivity index (χ1n) is 9.05. The van der Waals surface area contributed by atoms with Gasteiger partial charge < -0.3 is 14.8 Å². The molecule has 9 heteroatoms. The van der Waals surface area contributed by atoms with Gasteiger partial charge in [0, 0.05) is 48.1 Å². The molecule has 4 rings (SSSR count). The van der Waals surface area contributed by atoms with E-state index in [9.17, 15) is 19.1 Å². The van der Waals surface area contributed by atoms with E-state index < -0.39 is 11.7 Å². The predicted molar refractivity (Wildman–Crippen MR) is 117 cm³/mol. The van der Waals surface area contributed by atoms with E-state index in [1.807, 2.05) is 0 Å². The number of fused-ring (bicyclic) bond motifs is 1. The molecule has 0 bridgehead atoms. The van der Waals surface area contributed by atoms with Gasteiger partial charge in [-0.1, -0.05) is 35.3 Å². The topological polar surface area (TPSA) is 83.7 Å². The van der Waals surface area contributed by atoms with E-state index in [-0.39, 0.29) is 32.2 Å². The van der Waals surface area contributed by atoms with Crippen molar-refractivity contribution >= 4 is 46.1 Å². The van der Waals surface area contributed by atoms with E-state index in [0.717, 1.165) is 5.56 Å². The highest BCUT2D eigenvalue weighted by Gasteiger charge is 2.17. The van der Waals surface area contributed by atoms with Crippen molar-refractivity contribution in [1.82, 2.24) is 9.38 Å². The summed E-state index contributed by atoms with van der Waals surface area (Å²) in [5, 5.41) is 13.5. The summed E-state index contributed by atoms with van der Waals surface area (Å²) < 4.78 is 14.9. The zero-order valence-electron chi connectivity index (χ0n) is 15.8. The molecule has 0 atom stereocenters. The van der Waals surface area contributed by atoms with Crippen LogP contribution >= 0.6 is 23.2 Å². The molecule has 0 saturated heterocycles. The quantitative estimate of drug-likeness (QED) is 0.488. The number of nitrogens with one attached hydrogen (secondary N) is 1. The molecule has 0 aliphatic carbocycles. The van der Waals surface area contributed by atoms with E-state index in [1.54, 1.807) is 28.8 Å². The lowest BCUT2D eigenvalue weighted by molar-refractivity contribution is -0.112. The van der Waals surface area contributed by atoms with Crippen LogP contribution in [-0.2, 0) is 11.2 Å². The van der Waals surface area contributed by atoms with Crippen molar-refractivity contribution in [3.05, 3.63) is 104 Å². The second-order valence-corrected chi connectivity index (χ2v) is 7.57. The van der Waals surface area contributed by atoms with Crippen molar-refractivity contribution in [3.8, 4) is 0 Å². The maximum Gasteiger partial charge on any atom is 0.291 e. The molecule has 156 valence electrons. The van der Waals surface area contributed by atoms with Gasteiger partial charge in [-0.15, -0.1) is 0 Å². The molecule has 0 unspecified atom stereocenters. The normalized spacial score (nSPS) is 12.1. The summed E-state index contributed by atoms with van der Waals surface area (Å²) in [6.45, 7) is 0. The van der Waals surface area contributed by atoms with Crippen LogP contribution in [0.15, 0.2) is 65.8 Å². The minimum atomic E-state index is -0.855. The molecular weight excluding hydrogens is 444 g/mol. The summed E-state index contributed by atoms with van der Waals surface area (Å²) in [4.78, 5) is 28.4. The van der Waals surface area contributed by atoms with Crippen LogP contribution in [0.25, 0.3) is 11.3 Å². The molecule has 3 aromatic heterocycles. The Morgan fingerprint density at radius 1 is 1.10 bits per heavy atom. The maximum absolute atomic E-state index is 13.2. The number of benzene rings is 1. The number of aliphatic hydroxyl groups excluding tert-OH is 1. The van der Waals surface area contributed by atoms with Gasteiger partial charge in [0.1, 0.15) is 5.82 Å². The van der Waals surface area contributed by atoms with Crippen molar-refractivity contribution in [2.24, 2.45) is 0 Å². The van der Waals surface area contributed by atoms with Crippen LogP contribution in [-0.4, -0.2) is 20.4 Å². The van der Waals surface area contributed by atoms with Crippen LogP contribution in [0, 0.1) is 5.82 Å². The van der Waals surface area contributed by atoms with E-state index in [2.05, 4.69) is 10.3 Å². The fourth-order valence-corrected chi connectivity index (χ4v) is 3.67. The molecule has 3 heterocycles. The number of hydrogen-bond donors (Lipinski definition) is 2. The number of carbonyl (C=O) groups is 1. The Morgan fingerprint density at radius 2 is 1.77 bits per heavy atom. The summed E-state index contributed by atoms with van der Waals surface area (Å²) in [7, 11) is 0. The van der Waals surface area contributed by atoms with Gasteiger partial charge in [0.15, 0.2) is 11.2 Å². The van der Waals surface area contributed by atoms with Crippen LogP contribution in [0.3, 0.4) is 0 Å². The second kappa shape index (κ2) is 8.37. The van der Waals surface area contributed by atoms with Crippen LogP contribution in [0.1, 0.15) is 11.3 Å². The van der Waals surface area contributed by atoms with Crippen molar-refractivity contribution in [3.63, 3.8) is 0 Å². The van der Waals surface area contributed by atoms with Crippen LogP contribution in [0.2, 0.25) is 10.0 Å². The molecule has 0 aliphatic heterocycles. The Balaban J connectivity index is 1.81. The van der Waals surface area contributed by atoms with Gasteiger partial charge in [0.2, 0.25) is 0 Å². The molecule has 1 amide bonds. The smallest absolute Gasteiger partial charge is 0.291 e. The Morgan fingerprint density at radius 3 is 2.45 bits per heavy atom. The number of amides is 1. The standard InChI is InChI=1S/C22H14Cl2FN3O3/c23-17-10-26-11-18(24)20(17)27-22(31)21(30)16-8-14(7-12-1-3-13(25)4-2-12)28-6-5-15(29)9-19(16)28/h1-6,8-11,30H,7H2,(H,26,27,31). The molecule has 2 N–H and O–H groups in total. The Labute approximate surface area is 185 Å². The number of halogens is 3. The van der Waals surface area contributed by atoms with E-state index >= 15 is 0 Å². The summed E-state index contributed by atoms with van der Waals surface area (Å²) >= 11 is 12.0. The maximum atomic E-state index is 13.2. The third-order valence-corrected chi connectivity index (χ3v) is 5.26. The van der Waals surface area contributed by atoms with Crippen molar-refractivity contribution in [2.75, 3.05) is 5.32 Å². The van der Waals surface area contributed by atoms with Crippen molar-refractivity contribution < 1.29 is 14.3 Å². The zero-order chi connectivity index (χ0) is 22.1. The Kier molecular flexibility index (Phi) is 5.63. The lowest BCUT2D eigenvalue weighted by Crippen LogP contribution is -2.21. The van der Waals surface area contributed by atoms with Crippen LogP contribution in [0.5, 0.6) is 0 Å². The first-order valence-corrected chi connectivity index (χ1v) is 9.81. The molecule has 1 aromatic carbocycles. The predicted octanol–water partition coefficient (Wildman–Crippen LogP) is 3.76. The van der Waals surface area contributed by atoms with Crippen molar-refractivity contribution in [2.45, 2.75) is 6.42 Å². The third kappa shape index (κ3) is 4.23. The van der Waals surface area contributed by atoms with Gasteiger partial charge >= 0.3 is 0 Å².